The number of anilines is 6. The fraction of sp³-hybridized carbons (Fsp3) is 0.326. The van der Waals surface area contributed by atoms with Gasteiger partial charge in [0, 0.05) is 54.1 Å². The van der Waals surface area contributed by atoms with Crippen molar-refractivity contribution in [3.05, 3.63) is 72.8 Å². The molecule has 0 fully saturated rings. The summed E-state index contributed by atoms with van der Waals surface area (Å²) in [6.07, 6.45) is 2.07. The quantitative estimate of drug-likeness (QED) is 0.0408. The summed E-state index contributed by atoms with van der Waals surface area (Å²) in [5.74, 6) is 3.02. The highest BCUT2D eigenvalue weighted by Crippen LogP contribution is 2.40. The van der Waals surface area contributed by atoms with Crippen molar-refractivity contribution in [2.75, 3.05) is 66.6 Å². The largest absolute Gasteiger partial charge is 0.497 e. The van der Waals surface area contributed by atoms with Crippen LogP contribution in [0.25, 0.3) is 21.8 Å². The molecule has 26 heteroatoms. The number of unbranched alkanes of at least 4 members (excludes halogenated alkanes) is 1. The highest BCUT2D eigenvalue weighted by molar-refractivity contribution is 7.99. The van der Waals surface area contributed by atoms with E-state index in [1.807, 2.05) is 48.5 Å². The molecule has 2 N–H and O–H groups in total. The van der Waals surface area contributed by atoms with Crippen molar-refractivity contribution in [2.24, 2.45) is 20.5 Å². The van der Waals surface area contributed by atoms with Crippen molar-refractivity contribution in [1.29, 1.82) is 0 Å². The minimum absolute atomic E-state index is 0.353. The van der Waals surface area contributed by atoms with Gasteiger partial charge in [-0.15, -0.1) is 45.7 Å². The number of ether oxygens (including phenoxy) is 2. The maximum Gasteiger partial charge on any atom is 0.425 e. The molecule has 4 aromatic carbocycles. The van der Waals surface area contributed by atoms with Gasteiger partial charge in [-0.25, -0.2) is 0 Å². The molecular weight excluding hydrogens is 987 g/mol. The number of thioether (sulfide) groups is 1. The normalized spacial score (nSPS) is 10.9. The van der Waals surface area contributed by atoms with E-state index in [9.17, 15) is 0 Å². The molecule has 0 atom stereocenters. The van der Waals surface area contributed by atoms with Gasteiger partial charge in [0.25, 0.3) is 0 Å². The first kappa shape index (κ1) is 53.2. The van der Waals surface area contributed by atoms with Crippen LogP contribution < -0.4 is 29.9 Å². The van der Waals surface area contributed by atoms with Crippen LogP contribution in [0.15, 0.2) is 98.4 Å². The fourth-order valence-corrected chi connectivity index (χ4v) is 8.77. The molecule has 0 saturated heterocycles. The van der Waals surface area contributed by atoms with E-state index in [4.69, 9.17) is 59.9 Å². The number of hydrogen-bond acceptors (Lipinski definition) is 24. The molecule has 0 amide bonds. The van der Waals surface area contributed by atoms with Crippen molar-refractivity contribution in [2.45, 2.75) is 52.6 Å². The van der Waals surface area contributed by atoms with Gasteiger partial charge in [0.15, 0.2) is 15.2 Å². The zero-order valence-corrected chi connectivity index (χ0v) is 42.7. The zero-order valence-electron chi connectivity index (χ0n) is 38.6. The molecule has 21 nitrogen and oxygen atoms in total. The molecule has 364 valence electrons. The number of fused-ring (bicyclic) bond motifs is 2. The van der Waals surface area contributed by atoms with Crippen LogP contribution in [-0.2, 0) is 21.2 Å². The van der Waals surface area contributed by atoms with E-state index < -0.39 is 21.2 Å². The van der Waals surface area contributed by atoms with Gasteiger partial charge in [-0.05, 0) is 130 Å². The molecule has 3 heterocycles. The number of hydrogen-bond donors (Lipinski definition) is 2. The molecule has 7 aromatic rings. The van der Waals surface area contributed by atoms with Gasteiger partial charge in [0.1, 0.15) is 22.9 Å². The first-order valence-corrected chi connectivity index (χ1v) is 25.8. The number of methoxy groups -OCH3 is 2. The second-order valence-corrected chi connectivity index (χ2v) is 17.4. The topological polar surface area (TPSA) is 265 Å². The summed E-state index contributed by atoms with van der Waals surface area (Å²) in [5.41, 5.74) is 6.31. The van der Waals surface area contributed by atoms with Crippen LogP contribution >= 0.6 is 34.8 Å². The number of nitrogens with one attached hydrogen (secondary N) is 2. The van der Waals surface area contributed by atoms with E-state index in [1.165, 1.54) is 23.1 Å². The van der Waals surface area contributed by atoms with Crippen LogP contribution in [-0.4, -0.2) is 95.1 Å². The Bertz CT molecular complexity index is 2920. The highest BCUT2D eigenvalue weighted by Gasteiger charge is 2.16. The second kappa shape index (κ2) is 26.7. The number of nitrogens with zero attached hydrogens (tertiary/aromatic N) is 11. The number of aromatic nitrogens is 5. The summed E-state index contributed by atoms with van der Waals surface area (Å²) < 4.78 is 70.7. The molecule has 0 aliphatic rings. The van der Waals surface area contributed by atoms with Crippen LogP contribution in [0.1, 0.15) is 47.5 Å². The Morgan fingerprint density at radius 1 is 0.580 bits per heavy atom. The van der Waals surface area contributed by atoms with Gasteiger partial charge < -0.3 is 29.9 Å². The number of azo groups is 2. The van der Waals surface area contributed by atoms with Crippen molar-refractivity contribution >= 4 is 134 Å². The second-order valence-electron chi connectivity index (χ2n) is 14.0. The summed E-state index contributed by atoms with van der Waals surface area (Å²) in [5, 5.41) is 29.5. The van der Waals surface area contributed by atoms with E-state index in [1.54, 1.807) is 26.0 Å². The third kappa shape index (κ3) is 15.4. The number of rotatable bonds is 20. The third-order valence-corrected chi connectivity index (χ3v) is 12.3. The van der Waals surface area contributed by atoms with Gasteiger partial charge in [-0.3, -0.25) is 0 Å². The predicted molar refractivity (Wildman–Crippen MR) is 272 cm³/mol. The molecular formula is C43H49N13O8S5. The van der Waals surface area contributed by atoms with Crippen molar-refractivity contribution < 1.29 is 34.7 Å². The first-order valence-electron chi connectivity index (χ1n) is 21.3. The van der Waals surface area contributed by atoms with Gasteiger partial charge in [0.2, 0.25) is 11.9 Å². The van der Waals surface area contributed by atoms with Crippen LogP contribution in [0.4, 0.5) is 56.0 Å². The van der Waals surface area contributed by atoms with E-state index >= 15 is 0 Å². The molecule has 3 aromatic heterocycles. The molecule has 0 bridgehead atoms. The zero-order chi connectivity index (χ0) is 49.9. The lowest BCUT2D eigenvalue weighted by Gasteiger charge is -2.22. The van der Waals surface area contributed by atoms with Crippen molar-refractivity contribution in [1.82, 2.24) is 23.7 Å². The average Bonchev–Trinajstić information content (AvgIpc) is 3.94. The molecule has 0 unspecified atom stereocenters. The van der Waals surface area contributed by atoms with Gasteiger partial charge in [0.05, 0.1) is 36.6 Å². The predicted octanol–water partition coefficient (Wildman–Crippen LogP) is 11.0. The van der Waals surface area contributed by atoms with Crippen molar-refractivity contribution in [3.8, 4) is 11.5 Å². The number of benzene rings is 4. The first-order chi connectivity index (χ1) is 33.3. The SMILES string of the molecule is CCCCSc1nc(Nc2cc(N(CC)CC)ccc2N=Nc2snc3ccc(OC)cc23)nc(Nc2cc(N(CC)CC)ccc2N=Nc2snc3ccc(OC)cc23)n1.O=S(=O)=O.O=S(=O)=O. The van der Waals surface area contributed by atoms with Gasteiger partial charge in [-0.1, -0.05) is 25.1 Å². The van der Waals surface area contributed by atoms with Crippen LogP contribution in [0, 0.1) is 0 Å². The third-order valence-electron chi connectivity index (χ3n) is 9.88. The molecule has 0 radical (unpaired) electrons. The molecule has 0 aliphatic carbocycles. The summed E-state index contributed by atoms with van der Waals surface area (Å²) >= 11 is 4.16. The van der Waals surface area contributed by atoms with Crippen LogP contribution in [0.3, 0.4) is 0 Å². The van der Waals surface area contributed by atoms with E-state index in [0.29, 0.717) is 49.8 Å². The molecule has 69 heavy (non-hydrogen) atoms. The van der Waals surface area contributed by atoms with Crippen LogP contribution in [0.2, 0.25) is 0 Å². The van der Waals surface area contributed by atoms with E-state index in [2.05, 4.69) is 98.3 Å². The summed E-state index contributed by atoms with van der Waals surface area (Å²) in [6, 6.07) is 23.6. The summed E-state index contributed by atoms with van der Waals surface area (Å²) in [6.45, 7) is 14.1. The monoisotopic (exact) mass is 1040 g/mol. The molecule has 0 saturated carbocycles. The molecule has 0 spiro atoms. The van der Waals surface area contributed by atoms with Crippen LogP contribution in [0.5, 0.6) is 11.5 Å². The van der Waals surface area contributed by atoms with E-state index in [0.717, 1.165) is 89.5 Å². The molecule has 7 rings (SSSR count). The smallest absolute Gasteiger partial charge is 0.425 e. The lowest BCUT2D eigenvalue weighted by molar-refractivity contribution is 0.415. The Kier molecular flexibility index (Phi) is 20.6. The Morgan fingerprint density at radius 2 is 1.00 bits per heavy atom. The highest BCUT2D eigenvalue weighted by atomic mass is 32.2. The Morgan fingerprint density at radius 3 is 1.38 bits per heavy atom. The minimum Gasteiger partial charge on any atom is -0.497 e. The van der Waals surface area contributed by atoms with Gasteiger partial charge in [-0.2, -0.15) is 23.7 Å². The van der Waals surface area contributed by atoms with Gasteiger partial charge >= 0.3 is 21.2 Å². The lowest BCUT2D eigenvalue weighted by atomic mass is 10.2. The molecule has 0 aliphatic heterocycles. The fourth-order valence-electron chi connectivity index (χ4n) is 6.49. The van der Waals surface area contributed by atoms with Crippen molar-refractivity contribution in [3.63, 3.8) is 0 Å². The minimum atomic E-state index is -3.11. The average molecular weight is 1040 g/mol. The Balaban J connectivity index is 0.00000103. The Hall–Kier alpha value is -6.74. The van der Waals surface area contributed by atoms with E-state index in [-0.39, 0.29) is 0 Å². The maximum atomic E-state index is 8.44. The Labute approximate surface area is 414 Å². The standard InChI is InChI=1S/C43H49N13O2S3.2O3S/c1-8-13-22-59-43-47-41(44-37-23-27(55(9-2)10-3)14-18-35(37)49-51-39-31-25-29(57-6)16-20-33(31)53-60-39)46-42(48-43)45-38-24-28(56(11-4)12-5)15-19-36(38)50-52-40-32-26-30(58-7)17-21-34(32)54-61-40;2*1-4(2)3/h14-21,23-26H,8-13,22H2,1-7H3,(H2,44,45,46,47,48);;. The summed E-state index contributed by atoms with van der Waals surface area (Å²) in [4.78, 5) is 19.3. The maximum absolute atomic E-state index is 8.44. The lowest BCUT2D eigenvalue weighted by Crippen LogP contribution is -2.21. The summed E-state index contributed by atoms with van der Waals surface area (Å²) in [7, 11) is -2.94.